The van der Waals surface area contributed by atoms with Crippen molar-refractivity contribution in [2.45, 2.75) is 29.8 Å². The maximum atomic E-state index is 13.1. The number of nitrogens with one attached hydrogen (secondary N) is 1. The predicted octanol–water partition coefficient (Wildman–Crippen LogP) is 3.09. The maximum Gasteiger partial charge on any atom is 0.490 e. The maximum absolute atomic E-state index is 13.1. The highest BCUT2D eigenvalue weighted by molar-refractivity contribution is 7.90. The number of hydrogen-bond acceptors (Lipinski definition) is 8. The number of carboxylic acids is 2. The van der Waals surface area contributed by atoms with Crippen LogP contribution in [0.2, 0.25) is 0 Å². The van der Waals surface area contributed by atoms with E-state index < -0.39 is 34.3 Å². The lowest BCUT2D eigenvalue weighted by atomic mass is 10.1. The normalized spacial score (nSPS) is 15.8. The van der Waals surface area contributed by atoms with Crippen LogP contribution in [0.15, 0.2) is 65.7 Å². The van der Waals surface area contributed by atoms with Crippen LogP contribution in [0.5, 0.6) is 0 Å². The smallest absolute Gasteiger partial charge is 0.475 e. The molecule has 43 heavy (non-hydrogen) atoms. The molecule has 2 heterocycles. The highest BCUT2D eigenvalue weighted by Crippen LogP contribution is 2.26. The minimum Gasteiger partial charge on any atom is -0.475 e. The average Bonchev–Trinajstić information content (AvgIpc) is 3.39. The molecule has 0 spiro atoms. The summed E-state index contributed by atoms with van der Waals surface area (Å²) in [5.41, 5.74) is 1.67. The lowest BCUT2D eigenvalue weighted by Gasteiger charge is -2.32. The first-order chi connectivity index (χ1) is 19.9. The zero-order valence-electron chi connectivity index (χ0n) is 22.1. The number of ether oxygens (including phenoxy) is 1. The van der Waals surface area contributed by atoms with Crippen molar-refractivity contribution >= 4 is 38.8 Å². The molecular weight excluding hydrogens is 616 g/mol. The lowest BCUT2D eigenvalue weighted by molar-refractivity contribution is -0.193. The summed E-state index contributed by atoms with van der Waals surface area (Å²) in [5, 5.41) is 18.3. The van der Waals surface area contributed by atoms with Crippen molar-refractivity contribution < 1.29 is 64.1 Å². The highest BCUT2D eigenvalue weighted by atomic mass is 32.2. The summed E-state index contributed by atoms with van der Waals surface area (Å²) in [7, 11) is -2.28. The molecule has 0 radical (unpaired) electrons. The van der Waals surface area contributed by atoms with Crippen molar-refractivity contribution in [1.82, 2.24) is 14.2 Å². The number of fused-ring (bicyclic) bond motifs is 1. The van der Waals surface area contributed by atoms with Crippen molar-refractivity contribution in [3.8, 4) is 0 Å². The van der Waals surface area contributed by atoms with Crippen molar-refractivity contribution in [2.24, 2.45) is 0 Å². The molecule has 2 aromatic carbocycles. The Hall–Kier alpha value is -4.16. The van der Waals surface area contributed by atoms with E-state index in [1.165, 1.54) is 11.1 Å². The van der Waals surface area contributed by atoms with E-state index in [4.69, 9.17) is 24.5 Å². The van der Waals surface area contributed by atoms with Crippen LogP contribution in [0.3, 0.4) is 0 Å². The Morgan fingerprint density at radius 1 is 0.930 bits per heavy atom. The summed E-state index contributed by atoms with van der Waals surface area (Å²) in [5.74, 6) is -5.78. The number of benzene rings is 2. The molecule has 1 unspecified atom stereocenters. The third-order valence-corrected chi connectivity index (χ3v) is 7.42. The van der Waals surface area contributed by atoms with Crippen molar-refractivity contribution in [1.29, 1.82) is 0 Å². The number of hydrogen-bond donors (Lipinski definition) is 3. The second-order valence-corrected chi connectivity index (χ2v) is 10.5. The van der Waals surface area contributed by atoms with Crippen LogP contribution in [0.4, 0.5) is 26.3 Å². The van der Waals surface area contributed by atoms with Gasteiger partial charge in [0.2, 0.25) is 0 Å². The molecular formula is C25H25F6N3O8S. The van der Waals surface area contributed by atoms with E-state index in [9.17, 15) is 39.6 Å². The van der Waals surface area contributed by atoms with Crippen LogP contribution in [-0.2, 0) is 35.7 Å². The van der Waals surface area contributed by atoms with Gasteiger partial charge < -0.3 is 20.3 Å². The first-order valence-electron chi connectivity index (χ1n) is 11.9. The Kier molecular flexibility index (Phi) is 11.7. The van der Waals surface area contributed by atoms with Crippen LogP contribution in [0, 0.1) is 0 Å². The molecule has 3 aromatic rings. The molecule has 1 atom stereocenters. The van der Waals surface area contributed by atoms with Crippen LogP contribution < -0.4 is 5.32 Å². The van der Waals surface area contributed by atoms with Crippen LogP contribution in [0.25, 0.3) is 10.9 Å². The van der Waals surface area contributed by atoms with Gasteiger partial charge in [-0.25, -0.2) is 22.0 Å². The van der Waals surface area contributed by atoms with Gasteiger partial charge in [0.15, 0.2) is 0 Å². The number of aliphatic carboxylic acids is 2. The standard InChI is InChI=1S/C21H23N3O4S.2C2HF3O2/c1-28-21(25)19-15-23(13-11-22-19)14-16-6-5-9-20-18(16)10-12-24(20)29(26,27)17-7-3-2-4-8-17;2*3-2(4,5)1(6)7/h2-10,12,19,22H,11,13-15H2,1H3;2*(H,6,7). The van der Waals surface area contributed by atoms with Crippen molar-refractivity contribution in [3.63, 3.8) is 0 Å². The third-order valence-electron chi connectivity index (χ3n) is 5.71. The quantitative estimate of drug-likeness (QED) is 0.280. The molecule has 0 bridgehead atoms. The van der Waals surface area contributed by atoms with E-state index in [0.29, 0.717) is 25.2 Å². The second-order valence-electron chi connectivity index (χ2n) is 8.65. The second kappa shape index (κ2) is 14.3. The zero-order valence-corrected chi connectivity index (χ0v) is 22.9. The van der Waals surface area contributed by atoms with Gasteiger partial charge in [0.05, 0.1) is 17.5 Å². The first kappa shape index (κ1) is 35.0. The fourth-order valence-electron chi connectivity index (χ4n) is 3.76. The van der Waals surface area contributed by atoms with Gasteiger partial charge in [0.25, 0.3) is 10.0 Å². The van der Waals surface area contributed by atoms with Crippen LogP contribution >= 0.6 is 0 Å². The van der Waals surface area contributed by atoms with Gasteiger partial charge in [-0.05, 0) is 29.8 Å². The van der Waals surface area contributed by atoms with Gasteiger partial charge in [-0.1, -0.05) is 30.3 Å². The molecule has 11 nitrogen and oxygen atoms in total. The van der Waals surface area contributed by atoms with Crippen LogP contribution in [-0.4, -0.2) is 90.5 Å². The molecule has 1 aromatic heterocycles. The summed E-state index contributed by atoms with van der Waals surface area (Å²) >= 11 is 0. The largest absolute Gasteiger partial charge is 0.490 e. The monoisotopic (exact) mass is 641 g/mol. The molecule has 0 saturated carbocycles. The fraction of sp³-hybridized carbons (Fsp3) is 0.320. The molecule has 0 aliphatic carbocycles. The summed E-state index contributed by atoms with van der Waals surface area (Å²) in [6, 6.07) is 15.6. The number of carbonyl (C=O) groups is 3. The van der Waals surface area contributed by atoms with Crippen molar-refractivity contribution in [3.05, 3.63) is 66.4 Å². The minimum absolute atomic E-state index is 0.255. The van der Waals surface area contributed by atoms with Gasteiger partial charge in [0.1, 0.15) is 6.04 Å². The fourth-order valence-corrected chi connectivity index (χ4v) is 5.12. The Morgan fingerprint density at radius 2 is 1.49 bits per heavy atom. The topological polar surface area (TPSA) is 155 Å². The SMILES string of the molecule is COC(=O)C1CN(Cc2cccc3c2ccn3S(=O)(=O)c2ccccc2)CCN1.O=C(O)C(F)(F)F.O=C(O)C(F)(F)F. The summed E-state index contributed by atoms with van der Waals surface area (Å²) < 4.78 is 95.8. The van der Waals surface area contributed by atoms with E-state index in [2.05, 4.69) is 10.2 Å². The van der Waals surface area contributed by atoms with Gasteiger partial charge in [0, 0.05) is 37.8 Å². The molecule has 1 fully saturated rings. The summed E-state index contributed by atoms with van der Waals surface area (Å²) in [4.78, 5) is 32.1. The van der Waals surface area contributed by atoms with E-state index >= 15 is 0 Å². The predicted molar refractivity (Wildman–Crippen MR) is 137 cm³/mol. The average molecular weight is 642 g/mol. The molecule has 1 aliphatic rings. The van der Waals surface area contributed by atoms with Gasteiger partial charge in [-0.3, -0.25) is 9.69 Å². The number of methoxy groups -OCH3 is 1. The molecule has 1 aliphatic heterocycles. The number of nitrogens with zero attached hydrogens (tertiary/aromatic N) is 2. The first-order valence-corrected chi connectivity index (χ1v) is 13.4. The van der Waals surface area contributed by atoms with Crippen LogP contribution in [0.1, 0.15) is 5.56 Å². The Balaban J connectivity index is 0.000000384. The number of carboxylic acid groups (broad SMARTS) is 2. The summed E-state index contributed by atoms with van der Waals surface area (Å²) in [6.45, 7) is 2.67. The molecule has 18 heteroatoms. The molecule has 0 amide bonds. The van der Waals surface area contributed by atoms with E-state index in [-0.39, 0.29) is 16.9 Å². The third kappa shape index (κ3) is 9.69. The highest BCUT2D eigenvalue weighted by Gasteiger charge is 2.39. The lowest BCUT2D eigenvalue weighted by Crippen LogP contribution is -2.54. The number of esters is 1. The van der Waals surface area contributed by atoms with Gasteiger partial charge in [-0.15, -0.1) is 0 Å². The molecule has 3 N–H and O–H groups in total. The van der Waals surface area contributed by atoms with E-state index in [0.717, 1.165) is 17.5 Å². The zero-order chi connectivity index (χ0) is 32.6. The molecule has 1 saturated heterocycles. The molecule has 236 valence electrons. The number of aromatic nitrogens is 1. The number of rotatable bonds is 5. The summed E-state index contributed by atoms with van der Waals surface area (Å²) in [6.07, 6.45) is -8.56. The Labute approximate surface area is 240 Å². The Bertz CT molecular complexity index is 1500. The van der Waals surface area contributed by atoms with Gasteiger partial charge >= 0.3 is 30.3 Å². The number of alkyl halides is 6. The number of carbonyl (C=O) groups excluding carboxylic acids is 1. The van der Waals surface area contributed by atoms with E-state index in [1.54, 1.807) is 36.5 Å². The number of piperazine rings is 1. The minimum atomic E-state index is -5.08. The molecule has 4 rings (SSSR count). The van der Waals surface area contributed by atoms with Crippen molar-refractivity contribution in [2.75, 3.05) is 26.7 Å². The van der Waals surface area contributed by atoms with E-state index in [1.807, 2.05) is 24.3 Å². The van der Waals surface area contributed by atoms with Gasteiger partial charge in [-0.2, -0.15) is 26.3 Å². The number of halogens is 6. The Morgan fingerprint density at radius 3 is 2.00 bits per heavy atom.